The average Bonchev–Trinajstić information content (AvgIpc) is 2.81. The number of fused-ring (bicyclic) bond motifs is 1. The van der Waals surface area contributed by atoms with Crippen LogP contribution in [0.4, 0.5) is 0 Å². The lowest BCUT2D eigenvalue weighted by Crippen LogP contribution is -2.44. The van der Waals surface area contributed by atoms with Crippen LogP contribution < -0.4 is 11.1 Å². The van der Waals surface area contributed by atoms with Crippen LogP contribution in [-0.2, 0) is 4.79 Å². The Kier molecular flexibility index (Phi) is 3.53. The fraction of sp³-hybridized carbons (Fsp3) is 0.143. The van der Waals surface area contributed by atoms with Gasteiger partial charge in [-0.05, 0) is 6.07 Å². The van der Waals surface area contributed by atoms with E-state index in [1.165, 1.54) is 6.26 Å². The minimum Gasteiger partial charge on any atom is -0.463 e. The van der Waals surface area contributed by atoms with E-state index in [9.17, 15) is 9.59 Å². The minimum atomic E-state index is -0.883. The number of nitrogens with one attached hydrogen (secondary N) is 1. The summed E-state index contributed by atoms with van der Waals surface area (Å²) in [5.41, 5.74) is 6.11. The Bertz CT molecular complexity index is 667. The third kappa shape index (κ3) is 2.58. The molecule has 1 atom stereocenters. The molecular formula is C14H12N2O3. The molecule has 0 aliphatic heterocycles. The van der Waals surface area contributed by atoms with Gasteiger partial charge in [0.05, 0.1) is 5.56 Å². The second kappa shape index (κ2) is 5.27. The molecule has 1 aromatic heterocycles. The zero-order valence-corrected chi connectivity index (χ0v) is 10.1. The monoisotopic (exact) mass is 256 g/mol. The second-order valence-electron chi connectivity index (χ2n) is 3.98. The fourth-order valence-corrected chi connectivity index (χ4v) is 1.73. The molecule has 0 radical (unpaired) electrons. The van der Waals surface area contributed by atoms with Crippen molar-refractivity contribution in [3.8, 4) is 12.3 Å². The first kappa shape index (κ1) is 12.7. The Morgan fingerprint density at radius 2 is 2.16 bits per heavy atom. The van der Waals surface area contributed by atoms with E-state index >= 15 is 0 Å². The standard InChI is InChI=1S/C14H12N2O3/c1-2-5-11(13(15)17)16-14(18)10-8-19-12-7-4-3-6-9(10)12/h1,3-4,6-8,11H,5H2,(H2,15,17)(H,16,18). The average molecular weight is 256 g/mol. The lowest BCUT2D eigenvalue weighted by atomic mass is 10.1. The van der Waals surface area contributed by atoms with Crippen LogP contribution in [0.1, 0.15) is 16.8 Å². The lowest BCUT2D eigenvalue weighted by Gasteiger charge is -2.11. The largest absolute Gasteiger partial charge is 0.463 e. The predicted octanol–water partition coefficient (Wildman–Crippen LogP) is 1.04. The van der Waals surface area contributed by atoms with E-state index in [1.54, 1.807) is 24.3 Å². The molecule has 1 aromatic carbocycles. The Morgan fingerprint density at radius 3 is 2.84 bits per heavy atom. The van der Waals surface area contributed by atoms with Crippen molar-refractivity contribution in [2.45, 2.75) is 12.5 Å². The van der Waals surface area contributed by atoms with Crippen molar-refractivity contribution in [3.63, 3.8) is 0 Å². The van der Waals surface area contributed by atoms with Crippen molar-refractivity contribution in [3.05, 3.63) is 36.1 Å². The molecule has 5 heteroatoms. The summed E-state index contributed by atoms with van der Waals surface area (Å²) in [5, 5.41) is 3.17. The quantitative estimate of drug-likeness (QED) is 0.801. The van der Waals surface area contributed by atoms with Gasteiger partial charge in [0.1, 0.15) is 17.9 Å². The van der Waals surface area contributed by atoms with Crippen molar-refractivity contribution in [2.75, 3.05) is 0 Å². The number of benzene rings is 1. The number of carbonyl (C=O) groups excluding carboxylic acids is 2. The Morgan fingerprint density at radius 1 is 1.42 bits per heavy atom. The topological polar surface area (TPSA) is 85.3 Å². The lowest BCUT2D eigenvalue weighted by molar-refractivity contribution is -0.119. The molecule has 5 nitrogen and oxygen atoms in total. The minimum absolute atomic E-state index is 0.0524. The fourth-order valence-electron chi connectivity index (χ4n) is 1.73. The van der Waals surface area contributed by atoms with Crippen LogP contribution in [0.25, 0.3) is 11.0 Å². The van der Waals surface area contributed by atoms with Crippen LogP contribution in [0.3, 0.4) is 0 Å². The molecule has 0 aliphatic carbocycles. The number of primary amides is 1. The molecule has 2 amide bonds. The summed E-state index contributed by atoms with van der Waals surface area (Å²) in [4.78, 5) is 23.2. The molecule has 1 heterocycles. The smallest absolute Gasteiger partial charge is 0.255 e. The highest BCUT2D eigenvalue weighted by Gasteiger charge is 2.20. The second-order valence-corrected chi connectivity index (χ2v) is 3.98. The molecule has 0 aliphatic rings. The van der Waals surface area contributed by atoms with Gasteiger partial charge >= 0.3 is 0 Å². The van der Waals surface area contributed by atoms with Crippen LogP contribution in [0.2, 0.25) is 0 Å². The predicted molar refractivity (Wildman–Crippen MR) is 70.1 cm³/mol. The van der Waals surface area contributed by atoms with Gasteiger partial charge in [-0.25, -0.2) is 0 Å². The summed E-state index contributed by atoms with van der Waals surface area (Å²) < 4.78 is 5.25. The van der Waals surface area contributed by atoms with Gasteiger partial charge in [-0.15, -0.1) is 12.3 Å². The highest BCUT2D eigenvalue weighted by atomic mass is 16.3. The number of furan rings is 1. The summed E-state index contributed by atoms with van der Waals surface area (Å²) in [6.45, 7) is 0. The molecule has 0 fully saturated rings. The van der Waals surface area contributed by atoms with Gasteiger partial charge < -0.3 is 15.5 Å². The van der Waals surface area contributed by atoms with Crippen molar-refractivity contribution in [2.24, 2.45) is 5.73 Å². The van der Waals surface area contributed by atoms with Gasteiger partial charge in [0.25, 0.3) is 5.91 Å². The van der Waals surface area contributed by atoms with Crippen LogP contribution in [-0.4, -0.2) is 17.9 Å². The van der Waals surface area contributed by atoms with Crippen molar-refractivity contribution in [1.29, 1.82) is 0 Å². The number of rotatable bonds is 4. The highest BCUT2D eigenvalue weighted by molar-refractivity contribution is 6.07. The molecule has 2 rings (SSSR count). The van der Waals surface area contributed by atoms with Crippen molar-refractivity contribution < 1.29 is 14.0 Å². The number of hydrogen-bond acceptors (Lipinski definition) is 3. The maximum atomic E-state index is 12.1. The van der Waals surface area contributed by atoms with E-state index in [4.69, 9.17) is 16.6 Å². The van der Waals surface area contributed by atoms with Gasteiger partial charge in [-0.2, -0.15) is 0 Å². The molecule has 0 saturated carbocycles. The van der Waals surface area contributed by atoms with Crippen LogP contribution in [0, 0.1) is 12.3 Å². The van der Waals surface area contributed by atoms with Crippen LogP contribution in [0.5, 0.6) is 0 Å². The molecule has 0 spiro atoms. The third-order valence-electron chi connectivity index (χ3n) is 2.70. The molecule has 19 heavy (non-hydrogen) atoms. The Balaban J connectivity index is 2.25. The molecule has 1 unspecified atom stereocenters. The van der Waals surface area contributed by atoms with E-state index in [0.717, 1.165) is 0 Å². The van der Waals surface area contributed by atoms with Gasteiger partial charge in [0, 0.05) is 11.8 Å². The summed E-state index contributed by atoms with van der Waals surface area (Å²) in [6, 6.07) is 6.22. The van der Waals surface area contributed by atoms with Gasteiger partial charge in [0.2, 0.25) is 5.91 Å². The molecule has 96 valence electrons. The van der Waals surface area contributed by atoms with E-state index in [2.05, 4.69) is 11.2 Å². The molecular weight excluding hydrogens is 244 g/mol. The Hall–Kier alpha value is -2.74. The number of para-hydroxylation sites is 1. The third-order valence-corrected chi connectivity index (χ3v) is 2.70. The number of terminal acetylenes is 1. The molecule has 2 aromatic rings. The van der Waals surface area contributed by atoms with E-state index in [-0.39, 0.29) is 6.42 Å². The highest BCUT2D eigenvalue weighted by Crippen LogP contribution is 2.20. The number of hydrogen-bond donors (Lipinski definition) is 2. The van der Waals surface area contributed by atoms with Crippen LogP contribution >= 0.6 is 0 Å². The normalized spacial score (nSPS) is 11.7. The van der Waals surface area contributed by atoms with E-state index < -0.39 is 17.9 Å². The maximum Gasteiger partial charge on any atom is 0.255 e. The molecule has 0 bridgehead atoms. The SMILES string of the molecule is C#CCC(NC(=O)c1coc2ccccc12)C(N)=O. The molecule has 0 saturated heterocycles. The zero-order valence-electron chi connectivity index (χ0n) is 10.1. The maximum absolute atomic E-state index is 12.1. The van der Waals surface area contributed by atoms with Gasteiger partial charge in [-0.3, -0.25) is 9.59 Å². The zero-order chi connectivity index (χ0) is 13.8. The summed E-state index contributed by atoms with van der Waals surface area (Å²) in [7, 11) is 0. The van der Waals surface area contributed by atoms with Gasteiger partial charge in [-0.1, -0.05) is 18.2 Å². The summed E-state index contributed by atoms with van der Waals surface area (Å²) in [5.74, 6) is 1.19. The van der Waals surface area contributed by atoms with E-state index in [0.29, 0.717) is 16.5 Å². The van der Waals surface area contributed by atoms with Crippen molar-refractivity contribution in [1.82, 2.24) is 5.32 Å². The van der Waals surface area contributed by atoms with Gasteiger partial charge in [0.15, 0.2) is 0 Å². The van der Waals surface area contributed by atoms with E-state index in [1.807, 2.05) is 0 Å². The molecule has 3 N–H and O–H groups in total. The van der Waals surface area contributed by atoms with Crippen molar-refractivity contribution >= 4 is 22.8 Å². The van der Waals surface area contributed by atoms with Crippen LogP contribution in [0.15, 0.2) is 34.9 Å². The first-order chi connectivity index (χ1) is 9.13. The Labute approximate surface area is 109 Å². The first-order valence-electron chi connectivity index (χ1n) is 5.63. The number of carbonyl (C=O) groups is 2. The summed E-state index contributed by atoms with van der Waals surface area (Å²) >= 11 is 0. The summed E-state index contributed by atoms with van der Waals surface area (Å²) in [6.07, 6.45) is 6.52. The first-order valence-corrected chi connectivity index (χ1v) is 5.63. The number of amides is 2. The number of nitrogens with two attached hydrogens (primary N) is 1.